The Labute approximate surface area is 178 Å². The second kappa shape index (κ2) is 7.25. The Kier molecular flexibility index (Phi) is 4.40. The fraction of sp³-hybridized carbons (Fsp3) is 0.227. The number of anilines is 1. The van der Waals surface area contributed by atoms with Crippen molar-refractivity contribution in [2.75, 3.05) is 11.9 Å². The van der Waals surface area contributed by atoms with Crippen molar-refractivity contribution in [1.29, 1.82) is 0 Å². The lowest BCUT2D eigenvalue weighted by Crippen LogP contribution is -2.25. The zero-order chi connectivity index (χ0) is 21.5. The zero-order valence-corrected chi connectivity index (χ0v) is 17.0. The third-order valence-electron chi connectivity index (χ3n) is 5.33. The first-order valence-corrected chi connectivity index (χ1v) is 9.80. The number of fused-ring (bicyclic) bond motifs is 2. The average molecular weight is 413 g/mol. The number of aryl methyl sites for hydroxylation is 2. The molecule has 0 bridgehead atoms. The number of terminal acetylenes is 1. The maximum absolute atomic E-state index is 12.6. The summed E-state index contributed by atoms with van der Waals surface area (Å²) in [5, 5.41) is 20.4. The van der Waals surface area contributed by atoms with E-state index in [1.165, 1.54) is 0 Å². The van der Waals surface area contributed by atoms with Gasteiger partial charge in [-0.15, -0.1) is 21.7 Å². The van der Waals surface area contributed by atoms with Gasteiger partial charge in [0.2, 0.25) is 5.91 Å². The molecule has 0 fully saturated rings. The van der Waals surface area contributed by atoms with Crippen LogP contribution in [0, 0.1) is 26.2 Å². The Morgan fingerprint density at radius 1 is 1.16 bits per heavy atom. The van der Waals surface area contributed by atoms with E-state index < -0.39 is 0 Å². The van der Waals surface area contributed by atoms with E-state index >= 15 is 0 Å². The summed E-state index contributed by atoms with van der Waals surface area (Å²) in [5.74, 6) is 4.81. The number of nitrogens with zero attached hydrogens (tertiary/aromatic N) is 6. The van der Waals surface area contributed by atoms with E-state index in [9.17, 15) is 4.79 Å². The largest absolute Gasteiger partial charge is 0.481 e. The van der Waals surface area contributed by atoms with Crippen LogP contribution >= 0.6 is 0 Å². The lowest BCUT2D eigenvalue weighted by Gasteiger charge is -2.24. The molecule has 3 aromatic heterocycles. The fourth-order valence-corrected chi connectivity index (χ4v) is 3.92. The zero-order valence-electron chi connectivity index (χ0n) is 17.0. The number of carbonyl (C=O) groups excluding carboxylic acids is 1. The van der Waals surface area contributed by atoms with Gasteiger partial charge in [-0.3, -0.25) is 4.79 Å². The number of benzene rings is 1. The minimum Gasteiger partial charge on any atom is -0.481 e. The smallest absolute Gasteiger partial charge is 0.226 e. The normalized spacial score (nSPS) is 15.4. The van der Waals surface area contributed by atoms with Crippen LogP contribution in [0.3, 0.4) is 0 Å². The van der Waals surface area contributed by atoms with E-state index in [1.54, 1.807) is 9.20 Å². The summed E-state index contributed by atoms with van der Waals surface area (Å²) >= 11 is 0. The summed E-state index contributed by atoms with van der Waals surface area (Å²) in [4.78, 5) is 12.6. The first-order chi connectivity index (χ1) is 15.0. The average Bonchev–Trinajstić information content (AvgIpc) is 3.31. The maximum atomic E-state index is 12.6. The van der Waals surface area contributed by atoms with E-state index in [-0.39, 0.29) is 18.4 Å². The van der Waals surface area contributed by atoms with Gasteiger partial charge in [-0.25, -0.2) is 0 Å². The molecule has 1 aromatic carbocycles. The molecule has 0 radical (unpaired) electrons. The SMILES string of the molecule is C#CCOc1ccc([C@H]2CC(=O)Nc3c2c(C)nn3-c2ccc3nnc(C)n3n2)cc1. The maximum Gasteiger partial charge on any atom is 0.226 e. The van der Waals surface area contributed by atoms with Crippen LogP contribution in [0.4, 0.5) is 5.82 Å². The van der Waals surface area contributed by atoms with Crippen molar-refractivity contribution >= 4 is 17.4 Å². The van der Waals surface area contributed by atoms with Crippen molar-refractivity contribution in [3.63, 3.8) is 0 Å². The first kappa shape index (κ1) is 18.8. The quantitative estimate of drug-likeness (QED) is 0.516. The van der Waals surface area contributed by atoms with Crippen molar-refractivity contribution in [3.8, 4) is 23.9 Å². The van der Waals surface area contributed by atoms with Crippen molar-refractivity contribution in [3.05, 3.63) is 59.0 Å². The number of ether oxygens (including phenoxy) is 1. The summed E-state index contributed by atoms with van der Waals surface area (Å²) in [6.45, 7) is 3.98. The molecule has 4 heterocycles. The van der Waals surface area contributed by atoms with Crippen LogP contribution < -0.4 is 10.1 Å². The molecular weight excluding hydrogens is 394 g/mol. The number of aromatic nitrogens is 6. The van der Waals surface area contributed by atoms with Crippen molar-refractivity contribution in [2.24, 2.45) is 0 Å². The molecule has 0 saturated heterocycles. The second-order valence-corrected chi connectivity index (χ2v) is 7.33. The molecule has 1 aliphatic rings. The van der Waals surface area contributed by atoms with Gasteiger partial charge in [0.15, 0.2) is 17.3 Å². The molecule has 154 valence electrons. The van der Waals surface area contributed by atoms with Crippen LogP contribution in [0.25, 0.3) is 11.5 Å². The minimum absolute atomic E-state index is 0.0761. The monoisotopic (exact) mass is 413 g/mol. The third kappa shape index (κ3) is 3.18. The van der Waals surface area contributed by atoms with Crippen molar-refractivity contribution in [2.45, 2.75) is 26.2 Å². The number of nitrogens with one attached hydrogen (secondary N) is 1. The fourth-order valence-electron chi connectivity index (χ4n) is 3.92. The molecule has 0 saturated carbocycles. The lowest BCUT2D eigenvalue weighted by molar-refractivity contribution is -0.116. The minimum atomic E-state index is -0.125. The predicted molar refractivity (Wildman–Crippen MR) is 113 cm³/mol. The molecule has 9 nitrogen and oxygen atoms in total. The van der Waals surface area contributed by atoms with Crippen LogP contribution in [0.15, 0.2) is 36.4 Å². The van der Waals surface area contributed by atoms with Crippen LogP contribution in [-0.2, 0) is 4.79 Å². The standard InChI is InChI=1S/C22H19N7O2/c1-4-11-31-16-7-5-15(6-8-16)17-12-20(30)23-22-21(17)13(2)26-29(22)19-10-9-18-25-24-14(3)28(18)27-19/h1,5-10,17H,11-12H2,2-3H3,(H,23,30)/t17-/m1/s1. The van der Waals surface area contributed by atoms with Gasteiger partial charge >= 0.3 is 0 Å². The van der Waals surface area contributed by atoms with Gasteiger partial charge in [0, 0.05) is 17.9 Å². The summed E-state index contributed by atoms with van der Waals surface area (Å²) < 4.78 is 8.77. The molecule has 0 aliphatic carbocycles. The number of rotatable bonds is 4. The number of hydrogen-bond acceptors (Lipinski definition) is 6. The van der Waals surface area contributed by atoms with Crippen LogP contribution in [-0.4, -0.2) is 42.1 Å². The van der Waals surface area contributed by atoms with Crippen LogP contribution in [0.1, 0.15) is 35.0 Å². The van der Waals surface area contributed by atoms with E-state index in [1.807, 2.05) is 50.2 Å². The third-order valence-corrected chi connectivity index (χ3v) is 5.33. The second-order valence-electron chi connectivity index (χ2n) is 7.33. The molecule has 0 spiro atoms. The van der Waals surface area contributed by atoms with E-state index in [2.05, 4.69) is 26.5 Å². The summed E-state index contributed by atoms with van der Waals surface area (Å²) in [6, 6.07) is 11.3. The molecule has 5 rings (SSSR count). The Bertz CT molecular complexity index is 1340. The Balaban J connectivity index is 1.58. The Morgan fingerprint density at radius 3 is 2.74 bits per heavy atom. The van der Waals surface area contributed by atoms with Crippen LogP contribution in [0.5, 0.6) is 5.75 Å². The topological polar surface area (TPSA) is 99.2 Å². The highest BCUT2D eigenvalue weighted by molar-refractivity contribution is 5.95. The number of hydrogen-bond donors (Lipinski definition) is 1. The van der Waals surface area contributed by atoms with Gasteiger partial charge in [0.1, 0.15) is 18.2 Å². The van der Waals surface area contributed by atoms with E-state index in [0.29, 0.717) is 35.3 Å². The molecule has 31 heavy (non-hydrogen) atoms. The van der Waals surface area contributed by atoms with Crippen molar-refractivity contribution < 1.29 is 9.53 Å². The van der Waals surface area contributed by atoms with Gasteiger partial charge in [-0.1, -0.05) is 18.1 Å². The summed E-state index contributed by atoms with van der Waals surface area (Å²) in [5.41, 5.74) is 3.45. The summed E-state index contributed by atoms with van der Waals surface area (Å²) in [6.07, 6.45) is 5.58. The molecule has 0 unspecified atom stereocenters. The summed E-state index contributed by atoms with van der Waals surface area (Å²) in [7, 11) is 0. The molecular formula is C22H19N7O2. The molecule has 4 aromatic rings. The highest BCUT2D eigenvalue weighted by Crippen LogP contribution is 2.40. The number of carbonyl (C=O) groups is 1. The Morgan fingerprint density at radius 2 is 1.97 bits per heavy atom. The van der Waals surface area contributed by atoms with Gasteiger partial charge in [0.25, 0.3) is 0 Å². The molecule has 1 N–H and O–H groups in total. The highest BCUT2D eigenvalue weighted by Gasteiger charge is 2.33. The molecule has 9 heteroatoms. The predicted octanol–water partition coefficient (Wildman–Crippen LogP) is 2.41. The lowest BCUT2D eigenvalue weighted by atomic mass is 9.86. The van der Waals surface area contributed by atoms with Gasteiger partial charge in [0.05, 0.1) is 5.69 Å². The van der Waals surface area contributed by atoms with Gasteiger partial charge in [-0.05, 0) is 43.7 Å². The van der Waals surface area contributed by atoms with Crippen molar-refractivity contribution in [1.82, 2.24) is 29.6 Å². The molecule has 1 aliphatic heterocycles. The van der Waals surface area contributed by atoms with Gasteiger partial charge < -0.3 is 10.1 Å². The molecule has 1 atom stereocenters. The Hall–Kier alpha value is -4.19. The van der Waals surface area contributed by atoms with E-state index in [4.69, 9.17) is 16.3 Å². The first-order valence-electron chi connectivity index (χ1n) is 9.80. The van der Waals surface area contributed by atoms with Gasteiger partial charge in [-0.2, -0.15) is 14.3 Å². The number of amides is 1. The highest BCUT2D eigenvalue weighted by atomic mass is 16.5. The van der Waals surface area contributed by atoms with E-state index in [0.717, 1.165) is 16.8 Å². The van der Waals surface area contributed by atoms with Crippen LogP contribution in [0.2, 0.25) is 0 Å². The molecule has 1 amide bonds.